The molecule has 0 spiro atoms. The molecule has 0 heterocycles. The van der Waals surface area contributed by atoms with Gasteiger partial charge in [0, 0.05) is 12.5 Å². The highest BCUT2D eigenvalue weighted by Gasteiger charge is 2.10. The second kappa shape index (κ2) is 6.42. The van der Waals surface area contributed by atoms with Crippen molar-refractivity contribution in [2.45, 2.75) is 19.8 Å². The molecule has 0 saturated carbocycles. The molecule has 0 aliphatic carbocycles. The number of aliphatic hydroxyl groups is 1. The zero-order chi connectivity index (χ0) is 10.3. The Morgan fingerprint density at radius 2 is 2.15 bits per heavy atom. The molecule has 0 radical (unpaired) electrons. The van der Waals surface area contributed by atoms with Crippen LogP contribution in [0.25, 0.3) is 0 Å². The minimum Gasteiger partial charge on any atom is -0.389 e. The molecule has 1 unspecified atom stereocenters. The van der Waals surface area contributed by atoms with Crippen molar-refractivity contribution in [3.8, 4) is 0 Å². The number of aliphatic imine (C=N–C) groups is 1. The van der Waals surface area contributed by atoms with E-state index in [0.29, 0.717) is 13.0 Å². The van der Waals surface area contributed by atoms with E-state index >= 15 is 0 Å². The lowest BCUT2D eigenvalue weighted by Gasteiger charge is -2.06. The topological polar surface area (TPSA) is 102 Å². The Kier molecular flexibility index (Phi) is 5.88. The summed E-state index contributed by atoms with van der Waals surface area (Å²) in [6.45, 7) is 1.93. The van der Waals surface area contributed by atoms with Crippen LogP contribution in [0.4, 0.5) is 0 Å². The third kappa shape index (κ3) is 6.10. The summed E-state index contributed by atoms with van der Waals surface area (Å²) in [7, 11) is 0. The average molecular weight is 187 g/mol. The molecule has 0 aliphatic heterocycles. The van der Waals surface area contributed by atoms with Gasteiger partial charge in [-0.2, -0.15) is 0 Å². The van der Waals surface area contributed by atoms with E-state index in [4.69, 9.17) is 16.6 Å². The first-order chi connectivity index (χ1) is 6.07. The second-order valence-corrected chi connectivity index (χ2v) is 2.97. The van der Waals surface area contributed by atoms with E-state index in [1.54, 1.807) is 6.92 Å². The van der Waals surface area contributed by atoms with Gasteiger partial charge < -0.3 is 16.6 Å². The van der Waals surface area contributed by atoms with E-state index in [1.165, 1.54) is 0 Å². The standard InChI is InChI=1S/C8H17N3O2/c1-6(7(13)5-12)3-2-4-11-8(9)10/h6,12H,2-5H2,1H3,(H4,9,10,11). The Morgan fingerprint density at radius 3 is 2.62 bits per heavy atom. The van der Waals surface area contributed by atoms with E-state index in [0.717, 1.165) is 6.42 Å². The van der Waals surface area contributed by atoms with Gasteiger partial charge in [-0.05, 0) is 12.8 Å². The molecule has 5 N–H and O–H groups in total. The molecular formula is C8H17N3O2. The van der Waals surface area contributed by atoms with Gasteiger partial charge >= 0.3 is 0 Å². The molecule has 13 heavy (non-hydrogen) atoms. The summed E-state index contributed by atoms with van der Waals surface area (Å²) in [5.74, 6) is -0.176. The van der Waals surface area contributed by atoms with Gasteiger partial charge in [-0.25, -0.2) is 0 Å². The number of hydrogen-bond donors (Lipinski definition) is 3. The van der Waals surface area contributed by atoms with Crippen LogP contribution in [0.5, 0.6) is 0 Å². The van der Waals surface area contributed by atoms with Crippen LogP contribution < -0.4 is 11.5 Å². The van der Waals surface area contributed by atoms with Gasteiger partial charge in [0.2, 0.25) is 0 Å². The fraction of sp³-hybridized carbons (Fsp3) is 0.750. The first kappa shape index (κ1) is 11.9. The summed E-state index contributed by atoms with van der Waals surface area (Å²) in [6, 6.07) is 0. The lowest BCUT2D eigenvalue weighted by molar-refractivity contribution is -0.125. The number of carbonyl (C=O) groups is 1. The summed E-state index contributed by atoms with van der Waals surface area (Å²) < 4.78 is 0. The van der Waals surface area contributed by atoms with Crippen LogP contribution >= 0.6 is 0 Å². The van der Waals surface area contributed by atoms with Gasteiger partial charge in [-0.15, -0.1) is 0 Å². The van der Waals surface area contributed by atoms with Gasteiger partial charge in [0.1, 0.15) is 6.61 Å². The highest BCUT2D eigenvalue weighted by molar-refractivity contribution is 5.81. The fourth-order valence-corrected chi connectivity index (χ4v) is 0.922. The third-order valence-electron chi connectivity index (χ3n) is 1.80. The summed E-state index contributed by atoms with van der Waals surface area (Å²) in [5.41, 5.74) is 10.2. The van der Waals surface area contributed by atoms with E-state index in [-0.39, 0.29) is 24.3 Å². The number of hydrogen-bond acceptors (Lipinski definition) is 3. The summed E-state index contributed by atoms with van der Waals surface area (Å²) in [6.07, 6.45) is 1.46. The van der Waals surface area contributed by atoms with Crippen LogP contribution in [0.2, 0.25) is 0 Å². The predicted octanol–water partition coefficient (Wildman–Crippen LogP) is -0.762. The van der Waals surface area contributed by atoms with E-state index < -0.39 is 0 Å². The molecule has 5 heteroatoms. The van der Waals surface area contributed by atoms with Crippen molar-refractivity contribution in [3.63, 3.8) is 0 Å². The van der Waals surface area contributed by atoms with Crippen molar-refractivity contribution in [3.05, 3.63) is 0 Å². The zero-order valence-corrected chi connectivity index (χ0v) is 7.86. The number of ketones is 1. The predicted molar refractivity (Wildman–Crippen MR) is 51.2 cm³/mol. The smallest absolute Gasteiger partial charge is 0.185 e. The summed E-state index contributed by atoms with van der Waals surface area (Å²) in [4.78, 5) is 14.7. The van der Waals surface area contributed by atoms with Gasteiger partial charge in [-0.1, -0.05) is 6.92 Å². The van der Waals surface area contributed by atoms with Crippen LogP contribution in [0.15, 0.2) is 4.99 Å². The number of guanidine groups is 1. The van der Waals surface area contributed by atoms with Gasteiger partial charge in [0.25, 0.3) is 0 Å². The van der Waals surface area contributed by atoms with E-state index in [2.05, 4.69) is 4.99 Å². The first-order valence-electron chi connectivity index (χ1n) is 4.27. The highest BCUT2D eigenvalue weighted by Crippen LogP contribution is 2.06. The third-order valence-corrected chi connectivity index (χ3v) is 1.80. The molecule has 0 amide bonds. The van der Waals surface area contributed by atoms with E-state index in [9.17, 15) is 4.79 Å². The number of nitrogens with two attached hydrogens (primary N) is 2. The van der Waals surface area contributed by atoms with Crippen molar-refractivity contribution in [2.75, 3.05) is 13.2 Å². The Bertz CT molecular complexity index is 188. The van der Waals surface area contributed by atoms with Crippen LogP contribution in [0, 0.1) is 5.92 Å². The lowest BCUT2D eigenvalue weighted by Crippen LogP contribution is -2.23. The van der Waals surface area contributed by atoms with Crippen molar-refractivity contribution < 1.29 is 9.90 Å². The highest BCUT2D eigenvalue weighted by atomic mass is 16.3. The lowest BCUT2D eigenvalue weighted by atomic mass is 10.0. The zero-order valence-electron chi connectivity index (χ0n) is 7.86. The fourth-order valence-electron chi connectivity index (χ4n) is 0.922. The number of aliphatic hydroxyl groups excluding tert-OH is 1. The Hall–Kier alpha value is -1.10. The minimum atomic E-state index is -0.385. The molecule has 1 atom stereocenters. The summed E-state index contributed by atoms with van der Waals surface area (Å²) in [5, 5.41) is 8.53. The maximum atomic E-state index is 10.9. The molecule has 0 saturated heterocycles. The molecule has 0 fully saturated rings. The van der Waals surface area contributed by atoms with Crippen molar-refractivity contribution in [1.82, 2.24) is 0 Å². The number of carbonyl (C=O) groups excluding carboxylic acids is 1. The molecule has 5 nitrogen and oxygen atoms in total. The molecule has 0 aliphatic rings. The normalized spacial score (nSPS) is 12.2. The first-order valence-corrected chi connectivity index (χ1v) is 4.27. The van der Waals surface area contributed by atoms with Gasteiger partial charge in [-0.3, -0.25) is 9.79 Å². The van der Waals surface area contributed by atoms with Crippen molar-refractivity contribution in [1.29, 1.82) is 0 Å². The average Bonchev–Trinajstić information content (AvgIpc) is 2.10. The largest absolute Gasteiger partial charge is 0.389 e. The van der Waals surface area contributed by atoms with Crippen LogP contribution in [0.3, 0.4) is 0 Å². The van der Waals surface area contributed by atoms with Crippen LogP contribution in [-0.4, -0.2) is 30.0 Å². The number of nitrogens with zero attached hydrogens (tertiary/aromatic N) is 1. The van der Waals surface area contributed by atoms with Gasteiger partial charge in [0.15, 0.2) is 11.7 Å². The monoisotopic (exact) mass is 187 g/mol. The molecule has 76 valence electrons. The number of rotatable bonds is 6. The Labute approximate surface area is 77.8 Å². The molecule has 0 aromatic heterocycles. The van der Waals surface area contributed by atoms with E-state index in [1.807, 2.05) is 0 Å². The van der Waals surface area contributed by atoms with Crippen LogP contribution in [0.1, 0.15) is 19.8 Å². The molecule has 0 aromatic carbocycles. The number of Topliss-reactive ketones (excluding diaryl/α,β-unsaturated/α-hetero) is 1. The van der Waals surface area contributed by atoms with Crippen molar-refractivity contribution >= 4 is 11.7 Å². The molecule has 0 aromatic rings. The molecular weight excluding hydrogens is 170 g/mol. The maximum Gasteiger partial charge on any atom is 0.185 e. The Balaban J connectivity index is 3.53. The second-order valence-electron chi connectivity index (χ2n) is 2.97. The molecule has 0 bridgehead atoms. The minimum absolute atomic E-state index is 0.0705. The van der Waals surface area contributed by atoms with Gasteiger partial charge in [0.05, 0.1) is 0 Å². The quantitative estimate of drug-likeness (QED) is 0.289. The van der Waals surface area contributed by atoms with Crippen molar-refractivity contribution in [2.24, 2.45) is 22.4 Å². The molecule has 0 rings (SSSR count). The summed E-state index contributed by atoms with van der Waals surface area (Å²) >= 11 is 0. The SMILES string of the molecule is CC(CCCN=C(N)N)C(=O)CO. The van der Waals surface area contributed by atoms with Crippen LogP contribution in [-0.2, 0) is 4.79 Å². The maximum absolute atomic E-state index is 10.9. The Morgan fingerprint density at radius 1 is 1.54 bits per heavy atom.